The molecule has 2 N–H and O–H groups in total. The Hall–Kier alpha value is -3.79. The minimum Gasteiger partial charge on any atom is -0.394 e. The molecule has 3 aliphatic rings. The molecule has 3 aromatic carbocycles. The first-order chi connectivity index (χ1) is 21.2. The highest BCUT2D eigenvalue weighted by Crippen LogP contribution is 2.47. The van der Waals surface area contributed by atoms with Crippen molar-refractivity contribution in [1.82, 2.24) is 4.90 Å². The molecule has 3 heterocycles. The van der Waals surface area contributed by atoms with Crippen LogP contribution in [0.15, 0.2) is 83.4 Å². The van der Waals surface area contributed by atoms with Crippen molar-refractivity contribution < 1.29 is 24.6 Å². The lowest BCUT2D eigenvalue weighted by molar-refractivity contribution is -0.139. The second kappa shape index (κ2) is 12.3. The van der Waals surface area contributed by atoms with Crippen molar-refractivity contribution in [2.75, 3.05) is 23.0 Å². The third-order valence-corrected chi connectivity index (χ3v) is 9.65. The summed E-state index contributed by atoms with van der Waals surface area (Å²) in [5.41, 5.74) is 3.27. The number of amides is 3. The number of aliphatic hydroxyl groups excluding tert-OH is 1. The quantitative estimate of drug-likeness (QED) is 0.338. The van der Waals surface area contributed by atoms with Crippen LogP contribution in [0.3, 0.4) is 0 Å². The van der Waals surface area contributed by atoms with E-state index in [1.807, 2.05) is 60.7 Å². The van der Waals surface area contributed by atoms with Crippen LogP contribution in [0.2, 0.25) is 0 Å². The molecule has 0 spiro atoms. The molecule has 1 saturated heterocycles. The standard InChI is InChI=1S/C35H36BrN3O5/c1-23(6-4-9-33(42)38-21-26-8-3-2-7-25(26)18-29(38)22-40)35(44)30-19-27(36)13-16-31(30)39(34(35)43)20-24-11-14-28(15-12-24)37-17-5-10-32(37)41/h2-4,6-8,11-16,19,23,29,40,44H,5,9-10,17-18,20-22H2,1H3/b6-4+/t23-,29+,35+/m1/s1. The number of carbonyl (C=O) groups is 3. The number of benzene rings is 3. The molecule has 9 heteroatoms. The highest BCUT2D eigenvalue weighted by atomic mass is 79.9. The van der Waals surface area contributed by atoms with E-state index in [1.54, 1.807) is 39.8 Å². The van der Waals surface area contributed by atoms with Gasteiger partial charge in [-0.15, -0.1) is 0 Å². The molecule has 0 aliphatic carbocycles. The van der Waals surface area contributed by atoms with Crippen LogP contribution < -0.4 is 9.80 Å². The first-order valence-electron chi connectivity index (χ1n) is 15.1. The monoisotopic (exact) mass is 657 g/mol. The third kappa shape index (κ3) is 5.49. The van der Waals surface area contributed by atoms with Gasteiger partial charge >= 0.3 is 0 Å². The Labute approximate surface area is 265 Å². The Morgan fingerprint density at radius 3 is 2.55 bits per heavy atom. The minimum atomic E-state index is -1.82. The van der Waals surface area contributed by atoms with E-state index in [9.17, 15) is 24.6 Å². The van der Waals surface area contributed by atoms with Crippen molar-refractivity contribution in [3.63, 3.8) is 0 Å². The highest BCUT2D eigenvalue weighted by Gasteiger charge is 2.52. The SMILES string of the molecule is C[C@H](/C=C/CC(=O)N1Cc2ccccc2C[C@H]1CO)[C@@]1(O)C(=O)N(Cc2ccc(N3CCCC3=O)cc2)c2ccc(Br)cc21. The molecular weight excluding hydrogens is 622 g/mol. The summed E-state index contributed by atoms with van der Waals surface area (Å²) in [6.07, 6.45) is 5.56. The highest BCUT2D eigenvalue weighted by molar-refractivity contribution is 9.10. The normalized spacial score (nSPS) is 22.1. The molecular formula is C35H36BrN3O5. The van der Waals surface area contributed by atoms with Crippen molar-refractivity contribution in [3.05, 3.63) is 106 Å². The van der Waals surface area contributed by atoms with E-state index >= 15 is 0 Å². The molecule has 228 valence electrons. The van der Waals surface area contributed by atoms with E-state index in [0.29, 0.717) is 37.2 Å². The van der Waals surface area contributed by atoms with E-state index in [2.05, 4.69) is 15.9 Å². The Kier molecular flexibility index (Phi) is 8.46. The third-order valence-electron chi connectivity index (χ3n) is 9.16. The largest absolute Gasteiger partial charge is 0.394 e. The van der Waals surface area contributed by atoms with Crippen LogP contribution in [0.4, 0.5) is 11.4 Å². The number of carbonyl (C=O) groups excluding carboxylic acids is 3. The molecule has 8 nitrogen and oxygen atoms in total. The summed E-state index contributed by atoms with van der Waals surface area (Å²) in [5.74, 6) is -1.05. The van der Waals surface area contributed by atoms with Gasteiger partial charge in [-0.3, -0.25) is 14.4 Å². The van der Waals surface area contributed by atoms with E-state index in [4.69, 9.17) is 0 Å². The average molecular weight is 659 g/mol. The van der Waals surface area contributed by atoms with Gasteiger partial charge in [0.2, 0.25) is 11.8 Å². The predicted molar refractivity (Wildman–Crippen MR) is 172 cm³/mol. The molecule has 1 fully saturated rings. The minimum absolute atomic E-state index is 0.0915. The van der Waals surface area contributed by atoms with Gasteiger partial charge in [0, 0.05) is 47.6 Å². The maximum Gasteiger partial charge on any atom is 0.264 e. The maximum absolute atomic E-state index is 14.0. The van der Waals surface area contributed by atoms with E-state index in [1.165, 1.54) is 0 Å². The fraction of sp³-hybridized carbons (Fsp3) is 0.343. The van der Waals surface area contributed by atoms with Gasteiger partial charge < -0.3 is 24.9 Å². The zero-order valence-corrected chi connectivity index (χ0v) is 26.2. The van der Waals surface area contributed by atoms with Crippen LogP contribution >= 0.6 is 15.9 Å². The summed E-state index contributed by atoms with van der Waals surface area (Å²) in [4.78, 5) is 44.5. The summed E-state index contributed by atoms with van der Waals surface area (Å²) >= 11 is 3.50. The number of halogens is 1. The Balaban J connectivity index is 1.18. The van der Waals surface area contributed by atoms with Crippen molar-refractivity contribution >= 4 is 45.0 Å². The average Bonchev–Trinajstić information content (AvgIpc) is 3.55. The fourth-order valence-corrected chi connectivity index (χ4v) is 6.99. The smallest absolute Gasteiger partial charge is 0.264 e. The van der Waals surface area contributed by atoms with E-state index < -0.39 is 17.4 Å². The van der Waals surface area contributed by atoms with Crippen LogP contribution in [-0.2, 0) is 39.5 Å². The lowest BCUT2D eigenvalue weighted by atomic mass is 9.83. The molecule has 0 saturated carbocycles. The number of rotatable bonds is 8. The molecule has 3 atom stereocenters. The Morgan fingerprint density at radius 2 is 1.84 bits per heavy atom. The molecule has 3 aliphatic heterocycles. The Bertz CT molecular complexity index is 1620. The number of aliphatic hydroxyl groups is 2. The van der Waals surface area contributed by atoms with Gasteiger partial charge in [0.05, 0.1) is 24.9 Å². The van der Waals surface area contributed by atoms with Gasteiger partial charge in [-0.05, 0) is 59.9 Å². The van der Waals surface area contributed by atoms with Crippen molar-refractivity contribution in [2.24, 2.45) is 5.92 Å². The van der Waals surface area contributed by atoms with Crippen LogP contribution in [-0.4, -0.2) is 52.0 Å². The Morgan fingerprint density at radius 1 is 1.09 bits per heavy atom. The van der Waals surface area contributed by atoms with Gasteiger partial charge in [-0.2, -0.15) is 0 Å². The number of anilines is 2. The maximum atomic E-state index is 14.0. The number of hydrogen-bond acceptors (Lipinski definition) is 5. The zero-order valence-electron chi connectivity index (χ0n) is 24.7. The number of hydrogen-bond donors (Lipinski definition) is 2. The molecule has 3 amide bonds. The van der Waals surface area contributed by atoms with Crippen LogP contribution in [0.5, 0.6) is 0 Å². The summed E-state index contributed by atoms with van der Waals surface area (Å²) in [5, 5.41) is 22.0. The first-order valence-corrected chi connectivity index (χ1v) is 15.9. The molecule has 6 rings (SSSR count). The molecule has 0 bridgehead atoms. The fourth-order valence-electron chi connectivity index (χ4n) is 6.63. The van der Waals surface area contributed by atoms with Gasteiger partial charge in [0.15, 0.2) is 5.60 Å². The van der Waals surface area contributed by atoms with Crippen LogP contribution in [0.25, 0.3) is 0 Å². The van der Waals surface area contributed by atoms with E-state index in [-0.39, 0.29) is 37.4 Å². The van der Waals surface area contributed by atoms with Crippen LogP contribution in [0, 0.1) is 5.92 Å². The number of nitrogens with zero attached hydrogens (tertiary/aromatic N) is 3. The summed E-state index contributed by atoms with van der Waals surface area (Å²) in [6, 6.07) is 20.8. The second-order valence-electron chi connectivity index (χ2n) is 11.9. The molecule has 0 aromatic heterocycles. The summed E-state index contributed by atoms with van der Waals surface area (Å²) in [6.45, 7) is 3.08. The van der Waals surface area contributed by atoms with Gasteiger partial charge in [0.1, 0.15) is 0 Å². The van der Waals surface area contributed by atoms with Gasteiger partial charge in [0.25, 0.3) is 5.91 Å². The summed E-state index contributed by atoms with van der Waals surface area (Å²) in [7, 11) is 0. The summed E-state index contributed by atoms with van der Waals surface area (Å²) < 4.78 is 0.746. The van der Waals surface area contributed by atoms with Crippen molar-refractivity contribution in [2.45, 2.75) is 57.3 Å². The topological polar surface area (TPSA) is 101 Å². The molecule has 3 aromatic rings. The van der Waals surface area contributed by atoms with Crippen molar-refractivity contribution in [3.8, 4) is 0 Å². The van der Waals surface area contributed by atoms with Crippen molar-refractivity contribution in [1.29, 1.82) is 0 Å². The number of fused-ring (bicyclic) bond motifs is 2. The second-order valence-corrected chi connectivity index (χ2v) is 12.8. The van der Waals surface area contributed by atoms with Gasteiger partial charge in [-0.25, -0.2) is 0 Å². The zero-order chi connectivity index (χ0) is 31.0. The molecule has 0 unspecified atom stereocenters. The van der Waals surface area contributed by atoms with Gasteiger partial charge in [-0.1, -0.05) is 71.4 Å². The molecule has 44 heavy (non-hydrogen) atoms. The van der Waals surface area contributed by atoms with E-state index in [0.717, 1.165) is 33.3 Å². The lowest BCUT2D eigenvalue weighted by Gasteiger charge is -2.36. The first kappa shape index (κ1) is 30.2. The van der Waals surface area contributed by atoms with Crippen LogP contribution in [0.1, 0.15) is 48.4 Å². The lowest BCUT2D eigenvalue weighted by Crippen LogP contribution is -2.46. The predicted octanol–water partition coefficient (Wildman–Crippen LogP) is 4.84. The molecule has 0 radical (unpaired) electrons.